The van der Waals surface area contributed by atoms with Crippen LogP contribution < -0.4 is 14.8 Å². The molecular formula is C16H19ClN2O2. The Morgan fingerprint density at radius 3 is 2.57 bits per heavy atom. The summed E-state index contributed by atoms with van der Waals surface area (Å²) in [6, 6.07) is 9.59. The fourth-order valence-corrected chi connectivity index (χ4v) is 2.02. The standard InChI is InChI=1S/C16H19ClN2O2/c1-3-20-15-8-12(9-18-2)4-6-14(15)21-11-13-5-7-16(17)19-10-13/h4-8,10,18H,3,9,11H2,1-2H3. The molecule has 0 fully saturated rings. The molecule has 0 aliphatic heterocycles. The van der Waals surface area contributed by atoms with Gasteiger partial charge in [-0.25, -0.2) is 4.98 Å². The number of hydrogen-bond donors (Lipinski definition) is 1. The third kappa shape index (κ3) is 4.62. The summed E-state index contributed by atoms with van der Waals surface area (Å²) in [5, 5.41) is 3.60. The minimum atomic E-state index is 0.426. The zero-order chi connectivity index (χ0) is 15.1. The van der Waals surface area contributed by atoms with Crippen molar-refractivity contribution in [1.29, 1.82) is 0 Å². The van der Waals surface area contributed by atoms with Gasteiger partial charge in [0.2, 0.25) is 0 Å². The van der Waals surface area contributed by atoms with Gasteiger partial charge in [-0.05, 0) is 37.7 Å². The minimum Gasteiger partial charge on any atom is -0.490 e. The van der Waals surface area contributed by atoms with E-state index >= 15 is 0 Å². The van der Waals surface area contributed by atoms with E-state index in [1.54, 1.807) is 12.3 Å². The summed E-state index contributed by atoms with van der Waals surface area (Å²) in [4.78, 5) is 4.03. The van der Waals surface area contributed by atoms with Crippen molar-refractivity contribution in [2.75, 3.05) is 13.7 Å². The van der Waals surface area contributed by atoms with Crippen molar-refractivity contribution >= 4 is 11.6 Å². The maximum absolute atomic E-state index is 5.82. The van der Waals surface area contributed by atoms with Crippen LogP contribution in [0.5, 0.6) is 11.5 Å². The van der Waals surface area contributed by atoms with Crippen LogP contribution in [0.3, 0.4) is 0 Å². The van der Waals surface area contributed by atoms with Crippen LogP contribution in [0.1, 0.15) is 18.1 Å². The minimum absolute atomic E-state index is 0.426. The normalized spacial score (nSPS) is 10.4. The molecule has 0 bridgehead atoms. The van der Waals surface area contributed by atoms with Crippen molar-refractivity contribution in [1.82, 2.24) is 10.3 Å². The number of pyridine rings is 1. The fraction of sp³-hybridized carbons (Fsp3) is 0.312. The second kappa shape index (κ2) is 7.86. The third-order valence-electron chi connectivity index (χ3n) is 2.87. The van der Waals surface area contributed by atoms with Crippen molar-refractivity contribution in [3.8, 4) is 11.5 Å². The first kappa shape index (κ1) is 15.6. The quantitative estimate of drug-likeness (QED) is 0.796. The lowest BCUT2D eigenvalue weighted by atomic mass is 10.2. The first-order valence-corrected chi connectivity index (χ1v) is 7.24. The van der Waals surface area contributed by atoms with Gasteiger partial charge in [0.05, 0.1) is 6.61 Å². The van der Waals surface area contributed by atoms with Crippen molar-refractivity contribution < 1.29 is 9.47 Å². The highest BCUT2D eigenvalue weighted by Crippen LogP contribution is 2.29. The van der Waals surface area contributed by atoms with E-state index in [4.69, 9.17) is 21.1 Å². The van der Waals surface area contributed by atoms with E-state index in [2.05, 4.69) is 10.3 Å². The summed E-state index contributed by atoms with van der Waals surface area (Å²) in [6.45, 7) is 3.77. The molecule has 5 heteroatoms. The van der Waals surface area contributed by atoms with Gasteiger partial charge in [-0.2, -0.15) is 0 Å². The molecule has 0 amide bonds. The Balaban J connectivity index is 2.09. The van der Waals surface area contributed by atoms with E-state index < -0.39 is 0 Å². The number of hydrogen-bond acceptors (Lipinski definition) is 4. The van der Waals surface area contributed by atoms with Crippen LogP contribution in [0, 0.1) is 0 Å². The molecule has 1 aromatic heterocycles. The van der Waals surface area contributed by atoms with Gasteiger partial charge >= 0.3 is 0 Å². The average molecular weight is 307 g/mol. The highest BCUT2D eigenvalue weighted by atomic mass is 35.5. The summed E-state index contributed by atoms with van der Waals surface area (Å²) >= 11 is 5.76. The molecule has 1 heterocycles. The molecule has 0 aliphatic carbocycles. The third-order valence-corrected chi connectivity index (χ3v) is 3.10. The maximum atomic E-state index is 5.82. The molecule has 1 N–H and O–H groups in total. The second-order valence-electron chi connectivity index (χ2n) is 4.52. The number of nitrogens with zero attached hydrogens (tertiary/aromatic N) is 1. The molecule has 2 rings (SSSR count). The van der Waals surface area contributed by atoms with Gasteiger partial charge in [0.15, 0.2) is 11.5 Å². The number of ether oxygens (including phenoxy) is 2. The van der Waals surface area contributed by atoms with E-state index in [0.717, 1.165) is 29.2 Å². The zero-order valence-electron chi connectivity index (χ0n) is 12.2. The van der Waals surface area contributed by atoms with Gasteiger partial charge in [-0.15, -0.1) is 0 Å². The fourth-order valence-electron chi connectivity index (χ4n) is 1.91. The number of nitrogens with one attached hydrogen (secondary N) is 1. The summed E-state index contributed by atoms with van der Waals surface area (Å²) in [7, 11) is 1.91. The van der Waals surface area contributed by atoms with E-state index in [0.29, 0.717) is 18.4 Å². The lowest BCUT2D eigenvalue weighted by molar-refractivity contribution is 0.269. The maximum Gasteiger partial charge on any atom is 0.161 e. The van der Waals surface area contributed by atoms with Crippen LogP contribution in [-0.2, 0) is 13.2 Å². The van der Waals surface area contributed by atoms with Crippen LogP contribution in [-0.4, -0.2) is 18.6 Å². The molecule has 0 saturated heterocycles. The largest absolute Gasteiger partial charge is 0.490 e. The molecule has 0 saturated carbocycles. The number of rotatable bonds is 7. The zero-order valence-corrected chi connectivity index (χ0v) is 13.0. The second-order valence-corrected chi connectivity index (χ2v) is 4.91. The predicted octanol–water partition coefficient (Wildman–Crippen LogP) is 3.43. The van der Waals surface area contributed by atoms with Crippen molar-refractivity contribution in [2.45, 2.75) is 20.1 Å². The van der Waals surface area contributed by atoms with Crippen molar-refractivity contribution in [3.63, 3.8) is 0 Å². The van der Waals surface area contributed by atoms with Gasteiger partial charge < -0.3 is 14.8 Å². The molecule has 1 aromatic carbocycles. The van der Waals surface area contributed by atoms with Gasteiger partial charge in [-0.1, -0.05) is 23.7 Å². The van der Waals surface area contributed by atoms with Gasteiger partial charge in [-0.3, -0.25) is 0 Å². The van der Waals surface area contributed by atoms with E-state index in [9.17, 15) is 0 Å². The molecule has 112 valence electrons. The summed E-state index contributed by atoms with van der Waals surface area (Å²) < 4.78 is 11.5. The summed E-state index contributed by atoms with van der Waals surface area (Å²) in [5.41, 5.74) is 2.11. The van der Waals surface area contributed by atoms with Crippen molar-refractivity contribution in [3.05, 3.63) is 52.8 Å². The first-order chi connectivity index (χ1) is 10.2. The Morgan fingerprint density at radius 1 is 1.10 bits per heavy atom. The van der Waals surface area contributed by atoms with Crippen LogP contribution in [0.2, 0.25) is 5.15 Å². The molecule has 0 atom stereocenters. The number of benzene rings is 1. The first-order valence-electron chi connectivity index (χ1n) is 6.86. The molecule has 2 aromatic rings. The van der Waals surface area contributed by atoms with Crippen LogP contribution in [0.25, 0.3) is 0 Å². The van der Waals surface area contributed by atoms with Crippen LogP contribution >= 0.6 is 11.6 Å². The topological polar surface area (TPSA) is 43.4 Å². The van der Waals surface area contributed by atoms with Gasteiger partial charge in [0.25, 0.3) is 0 Å². The Labute approximate surface area is 130 Å². The molecular weight excluding hydrogens is 288 g/mol. The van der Waals surface area contributed by atoms with Crippen molar-refractivity contribution in [2.24, 2.45) is 0 Å². The summed E-state index contributed by atoms with van der Waals surface area (Å²) in [5.74, 6) is 1.49. The molecule has 0 radical (unpaired) electrons. The lowest BCUT2D eigenvalue weighted by Gasteiger charge is -2.13. The Hall–Kier alpha value is -1.78. The van der Waals surface area contributed by atoms with Crippen LogP contribution in [0.15, 0.2) is 36.5 Å². The van der Waals surface area contributed by atoms with Crippen LogP contribution in [0.4, 0.5) is 0 Å². The molecule has 0 unspecified atom stereocenters. The van der Waals surface area contributed by atoms with E-state index in [1.807, 2.05) is 38.2 Å². The Bertz CT molecular complexity index is 573. The number of halogens is 1. The molecule has 0 aliphatic rings. The average Bonchev–Trinajstić information content (AvgIpc) is 2.49. The highest BCUT2D eigenvalue weighted by molar-refractivity contribution is 6.29. The van der Waals surface area contributed by atoms with E-state index in [1.165, 1.54) is 0 Å². The number of aromatic nitrogens is 1. The lowest BCUT2D eigenvalue weighted by Crippen LogP contribution is -2.06. The smallest absolute Gasteiger partial charge is 0.161 e. The Kier molecular flexibility index (Phi) is 5.84. The SMILES string of the molecule is CCOc1cc(CNC)ccc1OCc1ccc(Cl)nc1. The van der Waals surface area contributed by atoms with E-state index in [-0.39, 0.29) is 0 Å². The summed E-state index contributed by atoms with van der Waals surface area (Å²) in [6.07, 6.45) is 1.71. The monoisotopic (exact) mass is 306 g/mol. The predicted molar refractivity (Wildman–Crippen MR) is 84.0 cm³/mol. The molecule has 4 nitrogen and oxygen atoms in total. The Morgan fingerprint density at radius 2 is 1.90 bits per heavy atom. The highest BCUT2D eigenvalue weighted by Gasteiger charge is 2.07. The van der Waals surface area contributed by atoms with Gasteiger partial charge in [0, 0.05) is 18.3 Å². The van der Waals surface area contributed by atoms with Gasteiger partial charge in [0.1, 0.15) is 11.8 Å². The molecule has 0 spiro atoms. The molecule has 21 heavy (non-hydrogen) atoms.